The molecule has 2 aliphatic rings. The Hall–Kier alpha value is -2.62. The Morgan fingerprint density at radius 1 is 0.741 bits per heavy atom. The second-order valence-corrected chi connectivity index (χ2v) is 7.13. The Morgan fingerprint density at radius 2 is 1.15 bits per heavy atom. The van der Waals surface area contributed by atoms with E-state index in [4.69, 9.17) is 19.5 Å². The second kappa shape index (κ2) is 7.55. The van der Waals surface area contributed by atoms with Crippen molar-refractivity contribution < 1.29 is 9.47 Å². The molecule has 2 unspecified atom stereocenters. The van der Waals surface area contributed by atoms with Crippen LogP contribution in [-0.4, -0.2) is 25.0 Å². The molecule has 0 aliphatic carbocycles. The topological polar surface area (TPSA) is 43.2 Å². The molecule has 0 bridgehead atoms. The minimum atomic E-state index is -0.382. The highest BCUT2D eigenvalue weighted by Gasteiger charge is 2.46. The Labute approximate surface area is 161 Å². The lowest BCUT2D eigenvalue weighted by Crippen LogP contribution is -2.39. The molecular formula is C23H26N2O2. The van der Waals surface area contributed by atoms with Gasteiger partial charge in [-0.15, -0.1) is 0 Å². The van der Waals surface area contributed by atoms with E-state index >= 15 is 0 Å². The van der Waals surface area contributed by atoms with E-state index in [1.54, 1.807) is 0 Å². The largest absolute Gasteiger partial charge is 0.478 e. The van der Waals surface area contributed by atoms with E-state index in [0.29, 0.717) is 13.2 Å². The Balaban J connectivity index is 1.64. The lowest BCUT2D eigenvalue weighted by molar-refractivity contribution is 0.245. The molecule has 2 aromatic carbocycles. The van der Waals surface area contributed by atoms with Gasteiger partial charge in [0.25, 0.3) is 0 Å². The van der Waals surface area contributed by atoms with Crippen molar-refractivity contribution in [2.45, 2.75) is 38.8 Å². The minimum Gasteiger partial charge on any atom is -0.478 e. The summed E-state index contributed by atoms with van der Waals surface area (Å²) in [6.07, 6.45) is 1.70. The van der Waals surface area contributed by atoms with E-state index < -0.39 is 0 Å². The summed E-state index contributed by atoms with van der Waals surface area (Å²) < 4.78 is 12.2. The van der Waals surface area contributed by atoms with Crippen molar-refractivity contribution >= 4 is 11.8 Å². The molecule has 140 valence electrons. The summed E-state index contributed by atoms with van der Waals surface area (Å²) in [4.78, 5) is 9.90. The van der Waals surface area contributed by atoms with Gasteiger partial charge < -0.3 is 9.47 Å². The maximum atomic E-state index is 6.11. The summed E-state index contributed by atoms with van der Waals surface area (Å²) in [5.74, 6) is 1.54. The first kappa shape index (κ1) is 17.8. The van der Waals surface area contributed by atoms with E-state index in [0.717, 1.165) is 24.6 Å². The van der Waals surface area contributed by atoms with Gasteiger partial charge in [0.2, 0.25) is 0 Å². The van der Waals surface area contributed by atoms with Gasteiger partial charge in [0, 0.05) is 0 Å². The molecule has 2 heterocycles. The average molecular weight is 362 g/mol. The van der Waals surface area contributed by atoms with Crippen LogP contribution < -0.4 is 0 Å². The third-order valence-electron chi connectivity index (χ3n) is 5.70. The van der Waals surface area contributed by atoms with E-state index in [2.05, 4.69) is 38.1 Å². The van der Waals surface area contributed by atoms with Crippen LogP contribution in [0.3, 0.4) is 0 Å². The molecule has 4 rings (SSSR count). The molecular weight excluding hydrogens is 336 g/mol. The Bertz CT molecular complexity index is 758. The summed E-state index contributed by atoms with van der Waals surface area (Å²) >= 11 is 0. The zero-order chi connectivity index (χ0) is 18.7. The van der Waals surface area contributed by atoms with Gasteiger partial charge in [0.15, 0.2) is 11.8 Å². The van der Waals surface area contributed by atoms with Crippen LogP contribution in [0.4, 0.5) is 0 Å². The van der Waals surface area contributed by atoms with Crippen LogP contribution in [-0.2, 0) is 9.47 Å². The maximum Gasteiger partial charge on any atom is 0.199 e. The summed E-state index contributed by atoms with van der Waals surface area (Å²) in [6, 6.07) is 20.8. The molecule has 0 amide bonds. The van der Waals surface area contributed by atoms with Gasteiger partial charge in [-0.3, -0.25) is 0 Å². The van der Waals surface area contributed by atoms with E-state index in [1.165, 1.54) is 11.1 Å². The number of rotatable bonds is 6. The molecule has 2 aromatic rings. The third kappa shape index (κ3) is 3.25. The monoisotopic (exact) mass is 362 g/mol. The number of ether oxygens (including phenoxy) is 2. The fourth-order valence-electron chi connectivity index (χ4n) is 3.91. The average Bonchev–Trinajstić information content (AvgIpc) is 3.42. The fraction of sp³-hybridized carbons (Fsp3) is 0.391. The first-order valence-electron chi connectivity index (χ1n) is 9.79. The SMILES string of the molecule is CCC(CC)(C1=NC(c2ccccc2)CO1)C1=NC(c2ccccc2)CO1. The number of hydrogen-bond donors (Lipinski definition) is 0. The lowest BCUT2D eigenvalue weighted by Gasteiger charge is -2.29. The molecule has 4 nitrogen and oxygen atoms in total. The predicted molar refractivity (Wildman–Crippen MR) is 108 cm³/mol. The van der Waals surface area contributed by atoms with Crippen LogP contribution in [0.2, 0.25) is 0 Å². The van der Waals surface area contributed by atoms with Crippen LogP contribution in [0.5, 0.6) is 0 Å². The molecule has 0 N–H and O–H groups in total. The highest BCUT2D eigenvalue weighted by atomic mass is 16.5. The maximum absolute atomic E-state index is 6.11. The van der Waals surface area contributed by atoms with Gasteiger partial charge in [-0.1, -0.05) is 74.5 Å². The molecule has 4 heteroatoms. The lowest BCUT2D eigenvalue weighted by atomic mass is 9.81. The highest BCUT2D eigenvalue weighted by molar-refractivity contribution is 6.06. The Morgan fingerprint density at radius 3 is 1.52 bits per heavy atom. The highest BCUT2D eigenvalue weighted by Crippen LogP contribution is 2.40. The first-order valence-corrected chi connectivity index (χ1v) is 9.79. The molecule has 27 heavy (non-hydrogen) atoms. The third-order valence-corrected chi connectivity index (χ3v) is 5.70. The minimum absolute atomic E-state index is 0.0469. The molecule has 0 radical (unpaired) electrons. The molecule has 2 aliphatic heterocycles. The van der Waals surface area contributed by atoms with Crippen LogP contribution in [0.1, 0.15) is 49.9 Å². The number of aliphatic imine (C=N–C) groups is 2. The van der Waals surface area contributed by atoms with Gasteiger partial charge in [0.05, 0.1) is 0 Å². The number of benzene rings is 2. The zero-order valence-electron chi connectivity index (χ0n) is 16.0. The van der Waals surface area contributed by atoms with Gasteiger partial charge in [0.1, 0.15) is 30.7 Å². The molecule has 2 atom stereocenters. The van der Waals surface area contributed by atoms with Crippen LogP contribution >= 0.6 is 0 Å². The van der Waals surface area contributed by atoms with Crippen molar-refractivity contribution in [2.24, 2.45) is 15.4 Å². The van der Waals surface area contributed by atoms with Crippen LogP contribution in [0, 0.1) is 5.41 Å². The van der Waals surface area contributed by atoms with E-state index in [9.17, 15) is 0 Å². The summed E-state index contributed by atoms with van der Waals surface area (Å²) in [7, 11) is 0. The number of hydrogen-bond acceptors (Lipinski definition) is 4. The van der Waals surface area contributed by atoms with Crippen molar-refractivity contribution in [2.75, 3.05) is 13.2 Å². The van der Waals surface area contributed by atoms with Gasteiger partial charge >= 0.3 is 0 Å². The van der Waals surface area contributed by atoms with E-state index in [-0.39, 0.29) is 17.5 Å². The standard InChI is InChI=1S/C23H26N2O2/c1-3-23(4-2,21-24-19(15-26-21)17-11-7-5-8-12-17)22-25-20(16-27-22)18-13-9-6-10-14-18/h5-14,19-20H,3-4,15-16H2,1-2H3. The molecule has 0 aromatic heterocycles. The van der Waals surface area contributed by atoms with Crippen LogP contribution in [0.25, 0.3) is 0 Å². The van der Waals surface area contributed by atoms with Crippen LogP contribution in [0.15, 0.2) is 70.6 Å². The van der Waals surface area contributed by atoms with Gasteiger partial charge in [-0.05, 0) is 24.0 Å². The van der Waals surface area contributed by atoms with Crippen molar-refractivity contribution in [3.05, 3.63) is 71.8 Å². The quantitative estimate of drug-likeness (QED) is 0.715. The smallest absolute Gasteiger partial charge is 0.199 e. The van der Waals surface area contributed by atoms with Crippen molar-refractivity contribution in [1.29, 1.82) is 0 Å². The Kier molecular flexibility index (Phi) is 4.97. The molecule has 0 spiro atoms. The second-order valence-electron chi connectivity index (χ2n) is 7.13. The van der Waals surface area contributed by atoms with Gasteiger partial charge in [-0.25, -0.2) is 9.98 Å². The molecule has 0 saturated heterocycles. The fourth-order valence-corrected chi connectivity index (χ4v) is 3.91. The first-order chi connectivity index (χ1) is 13.3. The van der Waals surface area contributed by atoms with Crippen molar-refractivity contribution in [1.82, 2.24) is 0 Å². The molecule has 0 saturated carbocycles. The summed E-state index contributed by atoms with van der Waals surface area (Å²) in [5, 5.41) is 0. The predicted octanol–water partition coefficient (Wildman–Crippen LogP) is 5.13. The molecule has 0 fully saturated rings. The van der Waals surface area contributed by atoms with Crippen molar-refractivity contribution in [3.8, 4) is 0 Å². The normalized spacial score (nSPS) is 22.0. The summed E-state index contributed by atoms with van der Waals surface area (Å²) in [5.41, 5.74) is 1.99. The van der Waals surface area contributed by atoms with Crippen molar-refractivity contribution in [3.63, 3.8) is 0 Å². The zero-order valence-corrected chi connectivity index (χ0v) is 16.0. The van der Waals surface area contributed by atoms with E-state index in [1.807, 2.05) is 36.4 Å². The number of nitrogens with zero attached hydrogens (tertiary/aromatic N) is 2. The summed E-state index contributed by atoms with van der Waals surface area (Å²) in [6.45, 7) is 5.48. The van der Waals surface area contributed by atoms with Gasteiger partial charge in [-0.2, -0.15) is 0 Å².